The Balaban J connectivity index is -0.0000000131. The fourth-order valence-electron chi connectivity index (χ4n) is 0. The van der Waals surface area contributed by atoms with Crippen LogP contribution in [0.15, 0.2) is 0 Å². The van der Waals surface area contributed by atoms with Gasteiger partial charge < -0.3 is 20.1 Å². The van der Waals surface area contributed by atoms with Crippen molar-refractivity contribution >= 4 is 43.8 Å². The number of amides is 2. The number of rotatable bonds is 0. The Morgan fingerprint density at radius 1 is 1.62 bits per heavy atom. The maximum Gasteiger partial charge on any atom is 2.00 e. The van der Waals surface area contributed by atoms with Gasteiger partial charge in [0.1, 0.15) is 0 Å². The van der Waals surface area contributed by atoms with Crippen LogP contribution in [0.1, 0.15) is 2.85 Å². The standard InChI is InChI=1S/CH4N2O.CH2N2.Ca.2H/c2-1(3)4;2-1-3;;;/h(H4,2,3,4);2H2;;;/q;;+2;2*-1. The Morgan fingerprint density at radius 3 is 1.62 bits per heavy atom. The minimum atomic E-state index is -0.833. The largest absolute Gasteiger partial charge is 2.00 e. The van der Waals surface area contributed by atoms with Crippen molar-refractivity contribution in [2.45, 2.75) is 0 Å². The number of nitrogens with zero attached hydrogens (tertiary/aromatic N) is 1. The minimum absolute atomic E-state index is 0. The fourth-order valence-corrected chi connectivity index (χ4v) is 0. The van der Waals surface area contributed by atoms with Gasteiger partial charge in [-0.2, -0.15) is 5.26 Å². The van der Waals surface area contributed by atoms with E-state index in [-0.39, 0.29) is 40.6 Å². The van der Waals surface area contributed by atoms with E-state index < -0.39 is 6.03 Å². The molecule has 0 aromatic heterocycles. The van der Waals surface area contributed by atoms with Crippen molar-refractivity contribution in [1.82, 2.24) is 0 Å². The molecule has 0 aliphatic rings. The number of carbonyl (C=O) groups excluding carboxylic acids is 1. The van der Waals surface area contributed by atoms with Crippen LogP contribution in [0.5, 0.6) is 0 Å². The van der Waals surface area contributed by atoms with E-state index in [4.69, 9.17) is 10.1 Å². The third-order valence-electron chi connectivity index (χ3n) is 0. The number of hydrogen-bond donors (Lipinski definition) is 3. The smallest absolute Gasteiger partial charge is 1.00 e. The molecule has 0 atom stereocenters. The molecule has 5 nitrogen and oxygen atoms in total. The van der Waals surface area contributed by atoms with E-state index in [0.29, 0.717) is 0 Å². The summed E-state index contributed by atoms with van der Waals surface area (Å²) >= 11 is 0. The van der Waals surface area contributed by atoms with Gasteiger partial charge in [-0.05, 0) is 0 Å². The first-order valence-corrected chi connectivity index (χ1v) is 1.29. The van der Waals surface area contributed by atoms with Crippen molar-refractivity contribution in [3.05, 3.63) is 0 Å². The van der Waals surface area contributed by atoms with E-state index in [1.54, 1.807) is 0 Å². The molecule has 6 heteroatoms. The average Bonchev–Trinajstić information content (AvgIpc) is 1.33. The average molecular weight is 144 g/mol. The van der Waals surface area contributed by atoms with Crippen molar-refractivity contribution in [2.24, 2.45) is 17.2 Å². The van der Waals surface area contributed by atoms with Crippen LogP contribution in [-0.4, -0.2) is 43.8 Å². The maximum absolute atomic E-state index is 9.00. The third-order valence-corrected chi connectivity index (χ3v) is 0. The molecule has 8 heavy (non-hydrogen) atoms. The molecule has 0 unspecified atom stereocenters. The van der Waals surface area contributed by atoms with E-state index in [0.717, 1.165) is 0 Å². The second-order valence-corrected chi connectivity index (χ2v) is 0.531. The van der Waals surface area contributed by atoms with E-state index in [9.17, 15) is 0 Å². The topological polar surface area (TPSA) is 119 Å². The molecule has 0 spiro atoms. The van der Waals surface area contributed by atoms with E-state index in [1.165, 1.54) is 6.19 Å². The van der Waals surface area contributed by atoms with Gasteiger partial charge in [0.2, 0.25) is 0 Å². The zero-order valence-corrected chi connectivity index (χ0v) is 6.50. The molecule has 0 rings (SSSR count). The minimum Gasteiger partial charge on any atom is -1.00 e. The van der Waals surface area contributed by atoms with Gasteiger partial charge in [0.15, 0.2) is 6.19 Å². The van der Waals surface area contributed by atoms with Gasteiger partial charge in [-0.1, -0.05) is 0 Å². The molecule has 0 aromatic carbocycles. The SMILES string of the molecule is N#CN.NC(N)=O.[Ca+2].[H-].[H-]. The molecular weight excluding hydrogens is 136 g/mol. The first-order valence-electron chi connectivity index (χ1n) is 1.29. The summed E-state index contributed by atoms with van der Waals surface area (Å²) in [6, 6.07) is -0.833. The third kappa shape index (κ3) is 4160. The zero-order chi connectivity index (χ0) is 6.28. The Morgan fingerprint density at radius 2 is 1.62 bits per heavy atom. The van der Waals surface area contributed by atoms with Crippen LogP contribution in [0.25, 0.3) is 0 Å². The van der Waals surface area contributed by atoms with Gasteiger partial charge in [-0.15, -0.1) is 0 Å². The molecule has 0 aliphatic carbocycles. The predicted octanol–water partition coefficient (Wildman–Crippen LogP) is -1.71. The van der Waals surface area contributed by atoms with Gasteiger partial charge >= 0.3 is 43.8 Å². The second kappa shape index (κ2) is 15.8. The normalized spacial score (nSPS) is 3.88. The van der Waals surface area contributed by atoms with Crippen LogP contribution >= 0.6 is 0 Å². The molecule has 0 saturated heterocycles. The van der Waals surface area contributed by atoms with E-state index >= 15 is 0 Å². The number of primary amides is 2. The van der Waals surface area contributed by atoms with Crippen molar-refractivity contribution in [3.8, 4) is 6.19 Å². The zero-order valence-electron chi connectivity index (χ0n) is 6.29. The number of carbonyl (C=O) groups is 1. The van der Waals surface area contributed by atoms with Crippen LogP contribution in [-0.2, 0) is 0 Å². The summed E-state index contributed by atoms with van der Waals surface area (Å²) in [5.74, 6) is 0. The number of hydrogen-bond acceptors (Lipinski definition) is 3. The summed E-state index contributed by atoms with van der Waals surface area (Å²) in [7, 11) is 0. The molecule has 0 aromatic rings. The summed E-state index contributed by atoms with van der Waals surface area (Å²) < 4.78 is 0. The van der Waals surface area contributed by atoms with E-state index in [2.05, 4.69) is 17.2 Å². The number of urea groups is 1. The summed E-state index contributed by atoms with van der Waals surface area (Å²) in [6.07, 6.45) is 1.25. The molecular formula is C2H8CaN4O. The quantitative estimate of drug-likeness (QED) is 0.213. The number of nitrogens with two attached hydrogens (primary N) is 3. The van der Waals surface area contributed by atoms with Gasteiger partial charge in [0.25, 0.3) is 0 Å². The van der Waals surface area contributed by atoms with Crippen molar-refractivity contribution in [3.63, 3.8) is 0 Å². The summed E-state index contributed by atoms with van der Waals surface area (Å²) in [6.45, 7) is 0. The molecule has 0 fully saturated rings. The molecule has 44 valence electrons. The van der Waals surface area contributed by atoms with Crippen LogP contribution < -0.4 is 17.2 Å². The number of nitriles is 1. The van der Waals surface area contributed by atoms with E-state index in [1.807, 2.05) is 0 Å². The maximum atomic E-state index is 9.00. The molecule has 0 heterocycles. The van der Waals surface area contributed by atoms with Crippen LogP contribution in [0, 0.1) is 11.5 Å². The van der Waals surface area contributed by atoms with Gasteiger partial charge in [-0.25, -0.2) is 4.79 Å². The van der Waals surface area contributed by atoms with Gasteiger partial charge in [0, 0.05) is 0 Å². The monoisotopic (exact) mass is 144 g/mol. The summed E-state index contributed by atoms with van der Waals surface area (Å²) in [5, 5.41) is 7.10. The first kappa shape index (κ1) is 15.7. The molecule has 0 bridgehead atoms. The van der Waals surface area contributed by atoms with Crippen molar-refractivity contribution in [2.75, 3.05) is 0 Å². The molecule has 0 saturated carbocycles. The Kier molecular flexibility index (Phi) is 31.0. The summed E-state index contributed by atoms with van der Waals surface area (Å²) in [4.78, 5) is 9.00. The van der Waals surface area contributed by atoms with Crippen LogP contribution in [0.3, 0.4) is 0 Å². The van der Waals surface area contributed by atoms with Crippen molar-refractivity contribution < 1.29 is 7.65 Å². The van der Waals surface area contributed by atoms with Gasteiger partial charge in [-0.3, -0.25) is 0 Å². The second-order valence-electron chi connectivity index (χ2n) is 0.531. The molecule has 6 N–H and O–H groups in total. The first-order chi connectivity index (χ1) is 3.15. The fraction of sp³-hybridized carbons (Fsp3) is 0. The summed E-state index contributed by atoms with van der Waals surface area (Å²) in [5.41, 5.74) is 12.7. The van der Waals surface area contributed by atoms with Gasteiger partial charge in [0.05, 0.1) is 0 Å². The van der Waals surface area contributed by atoms with Crippen molar-refractivity contribution in [1.29, 1.82) is 5.26 Å². The van der Waals surface area contributed by atoms with Crippen LogP contribution in [0.4, 0.5) is 4.79 Å². The Bertz CT molecular complexity index is 89.7. The Hall–Kier alpha value is -0.180. The molecule has 2 amide bonds. The van der Waals surface area contributed by atoms with Crippen LogP contribution in [0.2, 0.25) is 0 Å². The molecule has 0 aliphatic heterocycles. The Labute approximate surface area is 79.8 Å². The molecule has 0 radical (unpaired) electrons. The predicted molar refractivity (Wildman–Crippen MR) is 31.5 cm³/mol.